The number of rotatable bonds is 6. The number of hydrogen-bond donors (Lipinski definition) is 2. The van der Waals surface area contributed by atoms with Crippen LogP contribution in [0.2, 0.25) is 0 Å². The number of sulfonamides is 1. The van der Waals surface area contributed by atoms with E-state index >= 15 is 0 Å². The van der Waals surface area contributed by atoms with Gasteiger partial charge in [-0.05, 0) is 31.1 Å². The number of H-pyrrole nitrogens is 1. The van der Waals surface area contributed by atoms with Gasteiger partial charge in [0.15, 0.2) is 0 Å². The van der Waals surface area contributed by atoms with Crippen molar-refractivity contribution in [3.05, 3.63) is 11.4 Å². The molecular weight excluding hydrogens is 341 g/mol. The van der Waals surface area contributed by atoms with E-state index in [9.17, 15) is 8.42 Å². The molecule has 1 rings (SSSR count). The second-order valence-electron chi connectivity index (χ2n) is 3.56. The third-order valence-electron chi connectivity index (χ3n) is 2.18. The maximum absolute atomic E-state index is 11.9. The molecule has 0 aromatic carbocycles. The van der Waals surface area contributed by atoms with Gasteiger partial charge in [-0.15, -0.1) is 0 Å². The first-order valence-electron chi connectivity index (χ1n) is 5.06. The number of alkyl halides is 1. The highest BCUT2D eigenvalue weighted by Gasteiger charge is 2.21. The topological polar surface area (TPSA) is 74.8 Å². The molecule has 5 nitrogen and oxygen atoms in total. The van der Waals surface area contributed by atoms with E-state index in [1.807, 2.05) is 0 Å². The molecule has 0 fully saturated rings. The van der Waals surface area contributed by atoms with Gasteiger partial charge in [0.05, 0.1) is 11.4 Å². The number of hydrogen-bond acceptors (Lipinski definition) is 3. The number of nitrogens with one attached hydrogen (secondary N) is 2. The highest BCUT2D eigenvalue weighted by atomic mass is 127. The second kappa shape index (κ2) is 5.97. The number of aryl methyl sites for hydroxylation is 2. The molecule has 1 aromatic rings. The van der Waals surface area contributed by atoms with Crippen molar-refractivity contribution in [3.63, 3.8) is 0 Å². The zero-order valence-corrected chi connectivity index (χ0v) is 12.4. The maximum atomic E-state index is 11.9. The summed E-state index contributed by atoms with van der Waals surface area (Å²) in [5, 5.41) is 6.56. The van der Waals surface area contributed by atoms with Gasteiger partial charge in [0, 0.05) is 6.54 Å². The number of unbranched alkanes of at least 4 members (excludes halogenated alkanes) is 1. The number of nitrogens with zero attached hydrogens (tertiary/aromatic N) is 1. The van der Waals surface area contributed by atoms with Gasteiger partial charge in [0.2, 0.25) is 10.0 Å². The lowest BCUT2D eigenvalue weighted by atomic mass is 10.3. The number of aromatic nitrogens is 2. The van der Waals surface area contributed by atoms with Gasteiger partial charge in [-0.25, -0.2) is 13.1 Å². The van der Waals surface area contributed by atoms with Gasteiger partial charge < -0.3 is 0 Å². The predicted molar refractivity (Wildman–Crippen MR) is 71.4 cm³/mol. The molecule has 0 spiro atoms. The zero-order chi connectivity index (χ0) is 12.2. The molecule has 0 saturated carbocycles. The Morgan fingerprint density at radius 1 is 1.38 bits per heavy atom. The first kappa shape index (κ1) is 13.9. The summed E-state index contributed by atoms with van der Waals surface area (Å²) in [6.07, 6.45) is 1.88. The van der Waals surface area contributed by atoms with Crippen LogP contribution in [0.25, 0.3) is 0 Å². The summed E-state index contributed by atoms with van der Waals surface area (Å²) in [4.78, 5) is 0.280. The average molecular weight is 357 g/mol. The lowest BCUT2D eigenvalue weighted by molar-refractivity contribution is 0.577. The van der Waals surface area contributed by atoms with Gasteiger partial charge >= 0.3 is 0 Å². The third kappa shape index (κ3) is 3.42. The molecule has 0 aliphatic carbocycles. The van der Waals surface area contributed by atoms with Gasteiger partial charge in [-0.3, -0.25) is 5.10 Å². The molecule has 16 heavy (non-hydrogen) atoms. The molecular formula is C9H16IN3O2S. The van der Waals surface area contributed by atoms with E-state index in [0.29, 0.717) is 17.9 Å². The normalized spacial score (nSPS) is 11.9. The lowest BCUT2D eigenvalue weighted by Crippen LogP contribution is -2.25. The first-order valence-corrected chi connectivity index (χ1v) is 8.07. The van der Waals surface area contributed by atoms with Gasteiger partial charge in [0.1, 0.15) is 4.90 Å². The fourth-order valence-corrected chi connectivity index (χ4v) is 3.41. The molecule has 0 aliphatic rings. The van der Waals surface area contributed by atoms with Crippen LogP contribution in [0, 0.1) is 13.8 Å². The molecule has 1 heterocycles. The van der Waals surface area contributed by atoms with Crippen LogP contribution in [0.3, 0.4) is 0 Å². The van der Waals surface area contributed by atoms with Gasteiger partial charge in [-0.2, -0.15) is 5.10 Å². The molecule has 2 N–H and O–H groups in total. The van der Waals surface area contributed by atoms with Crippen LogP contribution in [0.5, 0.6) is 0 Å². The Morgan fingerprint density at radius 3 is 2.56 bits per heavy atom. The second-order valence-corrected chi connectivity index (χ2v) is 6.34. The SMILES string of the molecule is Cc1n[nH]c(C)c1S(=O)(=O)NCCCCI. The standard InChI is InChI=1S/C9H16IN3O2S/c1-7-9(8(2)13-12-7)16(14,15)11-6-4-3-5-10/h11H,3-6H2,1-2H3,(H,12,13). The van der Waals surface area contributed by atoms with Crippen molar-refractivity contribution in [2.24, 2.45) is 0 Å². The predicted octanol–water partition coefficient (Wildman–Crippen LogP) is 1.52. The number of halogens is 1. The Bertz CT molecular complexity index is 422. The minimum atomic E-state index is -3.40. The summed E-state index contributed by atoms with van der Waals surface area (Å²) in [5.74, 6) is 0. The van der Waals surface area contributed by atoms with Crippen molar-refractivity contribution in [2.75, 3.05) is 11.0 Å². The summed E-state index contributed by atoms with van der Waals surface area (Å²) < 4.78 is 27.5. The van der Waals surface area contributed by atoms with E-state index in [-0.39, 0.29) is 4.90 Å². The molecule has 7 heteroatoms. The molecule has 0 bridgehead atoms. The summed E-state index contributed by atoms with van der Waals surface area (Å²) in [6, 6.07) is 0. The fourth-order valence-electron chi connectivity index (χ4n) is 1.43. The average Bonchev–Trinajstić information content (AvgIpc) is 2.54. The van der Waals surface area contributed by atoms with E-state index in [2.05, 4.69) is 37.5 Å². The van der Waals surface area contributed by atoms with E-state index in [1.54, 1.807) is 13.8 Å². The van der Waals surface area contributed by atoms with Crippen molar-refractivity contribution in [1.82, 2.24) is 14.9 Å². The zero-order valence-electron chi connectivity index (χ0n) is 9.38. The molecule has 0 atom stereocenters. The Hall–Kier alpha value is -0.150. The maximum Gasteiger partial charge on any atom is 0.244 e. The molecule has 0 radical (unpaired) electrons. The minimum Gasteiger partial charge on any atom is -0.281 e. The lowest BCUT2D eigenvalue weighted by Gasteiger charge is -2.05. The van der Waals surface area contributed by atoms with Crippen molar-refractivity contribution in [3.8, 4) is 0 Å². The third-order valence-corrected chi connectivity index (χ3v) is 4.67. The molecule has 0 saturated heterocycles. The monoisotopic (exact) mass is 357 g/mol. The summed E-state index contributed by atoms with van der Waals surface area (Å²) in [5.41, 5.74) is 1.10. The van der Waals surface area contributed by atoms with Crippen molar-refractivity contribution in [1.29, 1.82) is 0 Å². The number of aromatic amines is 1. The van der Waals surface area contributed by atoms with Crippen molar-refractivity contribution < 1.29 is 8.42 Å². The molecule has 92 valence electrons. The van der Waals surface area contributed by atoms with E-state index < -0.39 is 10.0 Å². The van der Waals surface area contributed by atoms with Gasteiger partial charge in [-0.1, -0.05) is 22.6 Å². The van der Waals surface area contributed by atoms with Crippen LogP contribution in [-0.4, -0.2) is 29.6 Å². The van der Waals surface area contributed by atoms with Crippen LogP contribution >= 0.6 is 22.6 Å². The molecule has 0 unspecified atom stereocenters. The Morgan fingerprint density at radius 2 is 2.06 bits per heavy atom. The summed E-state index contributed by atoms with van der Waals surface area (Å²) >= 11 is 2.28. The smallest absolute Gasteiger partial charge is 0.244 e. The molecule has 1 aromatic heterocycles. The molecule has 0 aliphatic heterocycles. The largest absolute Gasteiger partial charge is 0.281 e. The van der Waals surface area contributed by atoms with Crippen molar-refractivity contribution in [2.45, 2.75) is 31.6 Å². The van der Waals surface area contributed by atoms with E-state index in [0.717, 1.165) is 17.3 Å². The van der Waals surface area contributed by atoms with Crippen LogP contribution in [-0.2, 0) is 10.0 Å². The minimum absolute atomic E-state index is 0.280. The molecule has 0 amide bonds. The highest BCUT2D eigenvalue weighted by Crippen LogP contribution is 2.15. The quantitative estimate of drug-likeness (QED) is 0.461. The fraction of sp³-hybridized carbons (Fsp3) is 0.667. The van der Waals surface area contributed by atoms with Gasteiger partial charge in [0.25, 0.3) is 0 Å². The van der Waals surface area contributed by atoms with Crippen LogP contribution < -0.4 is 4.72 Å². The van der Waals surface area contributed by atoms with Crippen LogP contribution in [0.15, 0.2) is 4.90 Å². The first-order chi connectivity index (χ1) is 7.49. The summed E-state index contributed by atoms with van der Waals surface area (Å²) in [6.45, 7) is 3.87. The van der Waals surface area contributed by atoms with E-state index in [4.69, 9.17) is 0 Å². The Balaban J connectivity index is 2.71. The van der Waals surface area contributed by atoms with Crippen molar-refractivity contribution >= 4 is 32.6 Å². The highest BCUT2D eigenvalue weighted by molar-refractivity contribution is 14.1. The van der Waals surface area contributed by atoms with Crippen LogP contribution in [0.4, 0.5) is 0 Å². The van der Waals surface area contributed by atoms with E-state index in [1.165, 1.54) is 0 Å². The Kier molecular flexibility index (Phi) is 5.19. The van der Waals surface area contributed by atoms with Crippen LogP contribution in [0.1, 0.15) is 24.2 Å². The Labute approximate surface area is 110 Å². The summed E-state index contributed by atoms with van der Waals surface area (Å²) in [7, 11) is -3.40.